The Hall–Kier alpha value is -2.06. The molecule has 0 radical (unpaired) electrons. The maximum absolute atomic E-state index is 12.6. The van der Waals surface area contributed by atoms with Gasteiger partial charge in [0.25, 0.3) is 5.56 Å². The van der Waals surface area contributed by atoms with E-state index in [4.69, 9.17) is 4.42 Å². The Balaban J connectivity index is 1.57. The molecule has 0 aliphatic heterocycles. The van der Waals surface area contributed by atoms with Crippen LogP contribution < -0.4 is 10.9 Å². The van der Waals surface area contributed by atoms with Crippen molar-refractivity contribution in [3.05, 3.63) is 40.0 Å². The van der Waals surface area contributed by atoms with Gasteiger partial charge < -0.3 is 14.7 Å². The zero-order chi connectivity index (χ0) is 18.3. The second-order valence-electron chi connectivity index (χ2n) is 6.46. The average molecular weight is 390 g/mol. The standard InChI is InChI=1S/C18H19N3O3S2/c1-9(26-10(2)16(22)19-11-5-6-11)15-20-17(23)14-12(8-25-18(14)21-15)13-4-3-7-24-13/h3-4,7-11H,5-6H2,1-2H3,(H,19,22)(H,20,21,23)/t9-,10+/m0/s1. The van der Waals surface area contributed by atoms with Gasteiger partial charge in [0.15, 0.2) is 0 Å². The summed E-state index contributed by atoms with van der Waals surface area (Å²) in [6.45, 7) is 3.84. The number of carbonyl (C=O) groups is 1. The van der Waals surface area contributed by atoms with E-state index in [2.05, 4.69) is 15.3 Å². The van der Waals surface area contributed by atoms with Crippen molar-refractivity contribution in [2.45, 2.75) is 43.2 Å². The lowest BCUT2D eigenvalue weighted by Gasteiger charge is -2.16. The summed E-state index contributed by atoms with van der Waals surface area (Å²) in [7, 11) is 0. The van der Waals surface area contributed by atoms with E-state index in [1.807, 2.05) is 25.3 Å². The lowest BCUT2D eigenvalue weighted by atomic mass is 10.2. The molecule has 8 heteroatoms. The summed E-state index contributed by atoms with van der Waals surface area (Å²) in [5.74, 6) is 1.29. The Morgan fingerprint density at radius 2 is 2.27 bits per heavy atom. The molecule has 1 amide bonds. The molecule has 2 N–H and O–H groups in total. The number of amides is 1. The molecule has 0 aromatic carbocycles. The Bertz CT molecular complexity index is 989. The highest BCUT2D eigenvalue weighted by Gasteiger charge is 2.27. The van der Waals surface area contributed by atoms with Gasteiger partial charge in [-0.05, 0) is 38.8 Å². The first kappa shape index (κ1) is 17.4. The van der Waals surface area contributed by atoms with Crippen LogP contribution in [0.4, 0.5) is 0 Å². The molecule has 1 fully saturated rings. The molecule has 0 unspecified atom stereocenters. The van der Waals surface area contributed by atoms with Gasteiger partial charge in [-0.2, -0.15) is 0 Å². The molecule has 1 aliphatic carbocycles. The van der Waals surface area contributed by atoms with Crippen LogP contribution in [-0.4, -0.2) is 27.2 Å². The minimum Gasteiger partial charge on any atom is -0.464 e. The van der Waals surface area contributed by atoms with E-state index in [1.54, 1.807) is 12.3 Å². The summed E-state index contributed by atoms with van der Waals surface area (Å²) < 4.78 is 5.41. The van der Waals surface area contributed by atoms with Crippen LogP contribution in [0, 0.1) is 0 Å². The minimum atomic E-state index is -0.200. The highest BCUT2D eigenvalue weighted by molar-refractivity contribution is 8.00. The number of thiophene rings is 1. The molecule has 0 spiro atoms. The fraction of sp³-hybridized carbons (Fsp3) is 0.389. The Labute approximate surface area is 158 Å². The first-order valence-corrected chi connectivity index (χ1v) is 10.4. The largest absolute Gasteiger partial charge is 0.464 e. The number of thioether (sulfide) groups is 1. The zero-order valence-electron chi connectivity index (χ0n) is 14.4. The summed E-state index contributed by atoms with van der Waals surface area (Å²) in [6.07, 6.45) is 3.73. The van der Waals surface area contributed by atoms with Gasteiger partial charge in [-0.3, -0.25) is 9.59 Å². The van der Waals surface area contributed by atoms with E-state index in [-0.39, 0.29) is 22.0 Å². The molecule has 0 saturated heterocycles. The van der Waals surface area contributed by atoms with E-state index in [0.717, 1.165) is 18.4 Å². The van der Waals surface area contributed by atoms with Gasteiger partial charge in [0.1, 0.15) is 16.4 Å². The van der Waals surface area contributed by atoms with Crippen LogP contribution in [0.3, 0.4) is 0 Å². The van der Waals surface area contributed by atoms with Crippen LogP contribution in [0.15, 0.2) is 33.0 Å². The van der Waals surface area contributed by atoms with Crippen LogP contribution in [0.1, 0.15) is 37.8 Å². The van der Waals surface area contributed by atoms with Crippen molar-refractivity contribution in [2.75, 3.05) is 0 Å². The molecule has 3 heterocycles. The molecular weight excluding hydrogens is 370 g/mol. The van der Waals surface area contributed by atoms with Gasteiger partial charge in [-0.15, -0.1) is 23.1 Å². The number of fused-ring (bicyclic) bond motifs is 1. The van der Waals surface area contributed by atoms with Crippen molar-refractivity contribution in [1.82, 2.24) is 15.3 Å². The van der Waals surface area contributed by atoms with Gasteiger partial charge in [0.2, 0.25) is 5.91 Å². The normalized spacial score (nSPS) is 16.5. The number of hydrogen-bond donors (Lipinski definition) is 2. The quantitative estimate of drug-likeness (QED) is 0.671. The molecule has 3 aromatic heterocycles. The van der Waals surface area contributed by atoms with E-state index in [1.165, 1.54) is 23.1 Å². The van der Waals surface area contributed by atoms with E-state index in [9.17, 15) is 9.59 Å². The summed E-state index contributed by atoms with van der Waals surface area (Å²) in [6, 6.07) is 3.97. The monoisotopic (exact) mass is 389 g/mol. The molecule has 1 aliphatic rings. The lowest BCUT2D eigenvalue weighted by molar-refractivity contribution is -0.120. The second kappa shape index (κ2) is 6.92. The number of aromatic nitrogens is 2. The molecule has 2 atom stereocenters. The maximum atomic E-state index is 12.6. The van der Waals surface area contributed by atoms with E-state index in [0.29, 0.717) is 27.8 Å². The molecular formula is C18H19N3O3S2. The highest BCUT2D eigenvalue weighted by Crippen LogP contribution is 2.34. The summed E-state index contributed by atoms with van der Waals surface area (Å²) in [4.78, 5) is 33.0. The fourth-order valence-corrected chi connectivity index (χ4v) is 4.73. The maximum Gasteiger partial charge on any atom is 0.260 e. The Morgan fingerprint density at radius 1 is 1.46 bits per heavy atom. The topological polar surface area (TPSA) is 88.0 Å². The second-order valence-corrected chi connectivity index (χ2v) is 9.01. The number of rotatable bonds is 6. The molecule has 0 bridgehead atoms. The van der Waals surface area contributed by atoms with Crippen LogP contribution in [-0.2, 0) is 4.79 Å². The van der Waals surface area contributed by atoms with Gasteiger partial charge in [-0.25, -0.2) is 4.98 Å². The van der Waals surface area contributed by atoms with E-state index < -0.39 is 0 Å². The van der Waals surface area contributed by atoms with Crippen LogP contribution in [0.25, 0.3) is 21.5 Å². The minimum absolute atomic E-state index is 0.0454. The number of carbonyl (C=O) groups excluding carboxylic acids is 1. The SMILES string of the molecule is C[C@H](S[C@H](C)C(=O)NC1CC1)c1nc2scc(-c3ccco3)c2c(=O)[nH]1. The van der Waals surface area contributed by atoms with Crippen LogP contribution in [0.2, 0.25) is 0 Å². The fourth-order valence-electron chi connectivity index (χ4n) is 2.75. The zero-order valence-corrected chi connectivity index (χ0v) is 16.1. The number of H-pyrrole nitrogens is 1. The Morgan fingerprint density at radius 3 is 2.96 bits per heavy atom. The van der Waals surface area contributed by atoms with Gasteiger partial charge in [-0.1, -0.05) is 0 Å². The number of aromatic amines is 1. The summed E-state index contributed by atoms with van der Waals surface area (Å²) in [5.41, 5.74) is 0.577. The highest BCUT2D eigenvalue weighted by atomic mass is 32.2. The molecule has 26 heavy (non-hydrogen) atoms. The Kier molecular flexibility index (Phi) is 4.62. The summed E-state index contributed by atoms with van der Waals surface area (Å²) >= 11 is 2.91. The van der Waals surface area contributed by atoms with Crippen LogP contribution >= 0.6 is 23.1 Å². The molecule has 136 valence electrons. The van der Waals surface area contributed by atoms with Crippen LogP contribution in [0.5, 0.6) is 0 Å². The number of nitrogens with zero attached hydrogens (tertiary/aromatic N) is 1. The van der Waals surface area contributed by atoms with Crippen molar-refractivity contribution >= 4 is 39.2 Å². The third-order valence-corrected chi connectivity index (χ3v) is 6.46. The van der Waals surface area contributed by atoms with Gasteiger partial charge >= 0.3 is 0 Å². The van der Waals surface area contributed by atoms with Crippen molar-refractivity contribution in [1.29, 1.82) is 0 Å². The average Bonchev–Trinajstić information content (AvgIpc) is 3.10. The third-order valence-electron chi connectivity index (χ3n) is 4.34. The van der Waals surface area contributed by atoms with Gasteiger partial charge in [0, 0.05) is 17.0 Å². The molecule has 1 saturated carbocycles. The van der Waals surface area contributed by atoms with Crippen molar-refractivity contribution < 1.29 is 9.21 Å². The smallest absolute Gasteiger partial charge is 0.260 e. The number of hydrogen-bond acceptors (Lipinski definition) is 6. The lowest BCUT2D eigenvalue weighted by Crippen LogP contribution is -2.33. The number of furan rings is 1. The molecule has 4 rings (SSSR count). The predicted octanol–water partition coefficient (Wildman–Crippen LogP) is 3.71. The van der Waals surface area contributed by atoms with E-state index >= 15 is 0 Å². The third kappa shape index (κ3) is 3.43. The predicted molar refractivity (Wildman–Crippen MR) is 105 cm³/mol. The van der Waals surface area contributed by atoms with Gasteiger partial charge in [0.05, 0.1) is 22.1 Å². The van der Waals surface area contributed by atoms with Crippen molar-refractivity contribution in [2.24, 2.45) is 0 Å². The molecule has 3 aromatic rings. The van der Waals surface area contributed by atoms with Crippen molar-refractivity contribution in [3.63, 3.8) is 0 Å². The number of nitrogens with one attached hydrogen (secondary N) is 2. The summed E-state index contributed by atoms with van der Waals surface area (Å²) in [5, 5.41) is 5.15. The first-order valence-electron chi connectivity index (χ1n) is 8.54. The first-order chi connectivity index (χ1) is 12.5. The molecule has 6 nitrogen and oxygen atoms in total. The van der Waals surface area contributed by atoms with Crippen molar-refractivity contribution in [3.8, 4) is 11.3 Å².